The normalized spacial score (nSPS) is 10.2. The molecule has 0 aromatic carbocycles. The van der Waals surface area contributed by atoms with Gasteiger partial charge in [0.1, 0.15) is 5.69 Å². The fraction of sp³-hybridized carbons (Fsp3) is 0.167. The summed E-state index contributed by atoms with van der Waals surface area (Å²) in [4.78, 5) is 20.5. The molecule has 0 radical (unpaired) electrons. The lowest BCUT2D eigenvalue weighted by atomic mass is 10.2. The lowest BCUT2D eigenvalue weighted by molar-refractivity contribution is 0.0780. The van der Waals surface area contributed by atoms with Crippen LogP contribution in [0.3, 0.4) is 0 Å². The summed E-state index contributed by atoms with van der Waals surface area (Å²) in [5, 5.41) is 0. The van der Waals surface area contributed by atoms with E-state index in [1.54, 1.807) is 36.6 Å². The minimum atomic E-state index is -0.0347. The minimum Gasteiger partial charge on any atom is -0.356 e. The lowest BCUT2D eigenvalue weighted by Gasteiger charge is -2.16. The van der Waals surface area contributed by atoms with Crippen LogP contribution in [0.15, 0.2) is 41.3 Å². The van der Waals surface area contributed by atoms with Crippen molar-refractivity contribution < 1.29 is 4.79 Å². The molecule has 0 bridgehead atoms. The van der Waals surface area contributed by atoms with Crippen molar-refractivity contribution in [3.05, 3.63) is 52.5 Å². The second-order valence-corrected chi connectivity index (χ2v) is 4.66. The number of hydrogen-bond donors (Lipinski definition) is 1. The first-order chi connectivity index (χ1) is 8.16. The monoisotopic (exact) mass is 293 g/mol. The number of halogens is 1. The first-order valence-corrected chi connectivity index (χ1v) is 5.94. The Morgan fingerprint density at radius 1 is 1.47 bits per heavy atom. The second kappa shape index (κ2) is 5.14. The van der Waals surface area contributed by atoms with E-state index in [4.69, 9.17) is 0 Å². The molecule has 2 heterocycles. The third-order valence-corrected chi connectivity index (χ3v) is 2.85. The molecule has 0 fully saturated rings. The molecule has 17 heavy (non-hydrogen) atoms. The topological polar surface area (TPSA) is 49.0 Å². The molecule has 0 saturated carbocycles. The molecule has 0 saturated heterocycles. The Labute approximate surface area is 108 Å². The zero-order valence-electron chi connectivity index (χ0n) is 9.35. The number of H-pyrrole nitrogens is 1. The van der Waals surface area contributed by atoms with Gasteiger partial charge in [-0.25, -0.2) is 0 Å². The first kappa shape index (κ1) is 11.9. The number of nitrogens with one attached hydrogen (secondary N) is 1. The van der Waals surface area contributed by atoms with Crippen LogP contribution < -0.4 is 0 Å². The molecular weight excluding hydrogens is 282 g/mol. The van der Waals surface area contributed by atoms with Crippen molar-refractivity contribution in [2.24, 2.45) is 0 Å². The Hall–Kier alpha value is -1.62. The van der Waals surface area contributed by atoms with Crippen molar-refractivity contribution in [2.45, 2.75) is 6.54 Å². The number of pyridine rings is 1. The molecule has 0 aliphatic carbocycles. The van der Waals surface area contributed by atoms with E-state index in [1.807, 2.05) is 12.1 Å². The van der Waals surface area contributed by atoms with Crippen LogP contribution in [0, 0.1) is 0 Å². The van der Waals surface area contributed by atoms with Gasteiger partial charge in [-0.2, -0.15) is 0 Å². The van der Waals surface area contributed by atoms with Gasteiger partial charge in [-0.05, 0) is 39.7 Å². The molecule has 2 aromatic heterocycles. The highest BCUT2D eigenvalue weighted by molar-refractivity contribution is 9.10. The van der Waals surface area contributed by atoms with Crippen LogP contribution in [-0.4, -0.2) is 27.8 Å². The summed E-state index contributed by atoms with van der Waals surface area (Å²) in [5.41, 5.74) is 1.63. The fourth-order valence-electron chi connectivity index (χ4n) is 1.53. The average molecular weight is 294 g/mol. The van der Waals surface area contributed by atoms with Gasteiger partial charge in [0, 0.05) is 36.7 Å². The summed E-state index contributed by atoms with van der Waals surface area (Å²) in [5.74, 6) is -0.0347. The molecule has 2 aromatic rings. The lowest BCUT2D eigenvalue weighted by Crippen LogP contribution is -2.26. The maximum atomic E-state index is 12.0. The number of rotatable bonds is 3. The SMILES string of the molecule is CN(Cc1ccncc1)C(=O)c1cc(Br)c[nH]1. The minimum absolute atomic E-state index is 0.0347. The van der Waals surface area contributed by atoms with Gasteiger partial charge in [0.25, 0.3) is 5.91 Å². The summed E-state index contributed by atoms with van der Waals surface area (Å²) >= 11 is 3.31. The molecule has 1 N–H and O–H groups in total. The number of hydrogen-bond acceptors (Lipinski definition) is 2. The first-order valence-electron chi connectivity index (χ1n) is 5.15. The zero-order chi connectivity index (χ0) is 12.3. The number of carbonyl (C=O) groups excluding carboxylic acids is 1. The van der Waals surface area contributed by atoms with Crippen LogP contribution >= 0.6 is 15.9 Å². The van der Waals surface area contributed by atoms with Crippen LogP contribution in [0.25, 0.3) is 0 Å². The highest BCUT2D eigenvalue weighted by atomic mass is 79.9. The van der Waals surface area contributed by atoms with Crippen LogP contribution in [0.2, 0.25) is 0 Å². The van der Waals surface area contributed by atoms with Gasteiger partial charge in [-0.1, -0.05) is 0 Å². The Kier molecular flexibility index (Phi) is 3.58. The molecule has 0 aliphatic rings. The highest BCUT2D eigenvalue weighted by Crippen LogP contribution is 2.13. The van der Waals surface area contributed by atoms with Crippen LogP contribution in [0.4, 0.5) is 0 Å². The molecule has 0 spiro atoms. The summed E-state index contributed by atoms with van der Waals surface area (Å²) < 4.78 is 0.873. The molecule has 0 unspecified atom stereocenters. The largest absolute Gasteiger partial charge is 0.356 e. The number of amides is 1. The Morgan fingerprint density at radius 3 is 2.76 bits per heavy atom. The average Bonchev–Trinajstić information content (AvgIpc) is 2.76. The quantitative estimate of drug-likeness (QED) is 0.945. The number of carbonyl (C=O) groups is 1. The predicted octanol–water partition coefficient (Wildman–Crippen LogP) is 2.44. The highest BCUT2D eigenvalue weighted by Gasteiger charge is 2.13. The van der Waals surface area contributed by atoms with E-state index in [2.05, 4.69) is 25.9 Å². The van der Waals surface area contributed by atoms with Crippen LogP contribution in [-0.2, 0) is 6.54 Å². The molecule has 1 amide bonds. The van der Waals surface area contributed by atoms with Gasteiger partial charge in [-0.15, -0.1) is 0 Å². The summed E-state index contributed by atoms with van der Waals surface area (Å²) in [6.45, 7) is 0.567. The zero-order valence-corrected chi connectivity index (χ0v) is 10.9. The molecule has 2 rings (SSSR count). The van der Waals surface area contributed by atoms with Gasteiger partial charge in [-0.3, -0.25) is 9.78 Å². The van der Waals surface area contributed by atoms with Crippen molar-refractivity contribution in [1.82, 2.24) is 14.9 Å². The van der Waals surface area contributed by atoms with Gasteiger partial charge in [0.15, 0.2) is 0 Å². The van der Waals surface area contributed by atoms with Crippen molar-refractivity contribution in [3.63, 3.8) is 0 Å². The van der Waals surface area contributed by atoms with Gasteiger partial charge in [0.05, 0.1) is 0 Å². The Bertz CT molecular complexity index is 509. The van der Waals surface area contributed by atoms with Crippen molar-refractivity contribution in [2.75, 3.05) is 7.05 Å². The summed E-state index contributed by atoms with van der Waals surface area (Å²) in [6.07, 6.45) is 5.19. The Morgan fingerprint density at radius 2 is 2.18 bits per heavy atom. The second-order valence-electron chi connectivity index (χ2n) is 3.75. The smallest absolute Gasteiger partial charge is 0.270 e. The van der Waals surface area contributed by atoms with Crippen LogP contribution in [0.5, 0.6) is 0 Å². The van der Waals surface area contributed by atoms with E-state index in [1.165, 1.54) is 0 Å². The van der Waals surface area contributed by atoms with Gasteiger partial charge < -0.3 is 9.88 Å². The predicted molar refractivity (Wildman–Crippen MR) is 68.5 cm³/mol. The number of aromatic amines is 1. The number of nitrogens with zero attached hydrogens (tertiary/aromatic N) is 2. The maximum Gasteiger partial charge on any atom is 0.270 e. The van der Waals surface area contributed by atoms with E-state index >= 15 is 0 Å². The molecule has 0 aliphatic heterocycles. The molecular formula is C12H12BrN3O. The third kappa shape index (κ3) is 2.94. The van der Waals surface area contributed by atoms with Crippen molar-refractivity contribution in [1.29, 1.82) is 0 Å². The Balaban J connectivity index is 2.06. The number of aromatic nitrogens is 2. The molecule has 88 valence electrons. The van der Waals surface area contributed by atoms with Crippen molar-refractivity contribution in [3.8, 4) is 0 Å². The molecule has 0 atom stereocenters. The maximum absolute atomic E-state index is 12.0. The summed E-state index contributed by atoms with van der Waals surface area (Å²) in [6, 6.07) is 5.56. The van der Waals surface area contributed by atoms with E-state index < -0.39 is 0 Å². The fourth-order valence-corrected chi connectivity index (χ4v) is 1.87. The summed E-state index contributed by atoms with van der Waals surface area (Å²) in [7, 11) is 1.78. The van der Waals surface area contributed by atoms with E-state index in [0.29, 0.717) is 12.2 Å². The third-order valence-electron chi connectivity index (χ3n) is 2.39. The molecule has 4 nitrogen and oxygen atoms in total. The molecule has 5 heteroatoms. The van der Waals surface area contributed by atoms with Gasteiger partial charge >= 0.3 is 0 Å². The van der Waals surface area contributed by atoms with Crippen LogP contribution in [0.1, 0.15) is 16.1 Å². The van der Waals surface area contributed by atoms with Crippen molar-refractivity contribution >= 4 is 21.8 Å². The van der Waals surface area contributed by atoms with E-state index in [9.17, 15) is 4.79 Å². The van der Waals surface area contributed by atoms with E-state index in [0.717, 1.165) is 10.0 Å². The standard InChI is InChI=1S/C12H12BrN3O/c1-16(8-9-2-4-14-5-3-9)12(17)11-6-10(13)7-15-11/h2-7,15H,8H2,1H3. The van der Waals surface area contributed by atoms with Gasteiger partial charge in [0.2, 0.25) is 0 Å². The van der Waals surface area contributed by atoms with E-state index in [-0.39, 0.29) is 5.91 Å².